The Morgan fingerprint density at radius 2 is 0.603 bits per heavy atom. The van der Waals surface area contributed by atoms with Gasteiger partial charge >= 0.3 is 17.9 Å². The molecule has 0 saturated carbocycles. The molecule has 0 saturated heterocycles. The molecule has 0 heterocycles. The molecule has 0 aliphatic heterocycles. The average Bonchev–Trinajstić information content (AvgIpc) is 3.22. The van der Waals surface area contributed by atoms with E-state index in [-0.39, 0.29) is 31.1 Å². The normalized spacial score (nSPS) is 13.0. The first kappa shape index (κ1) is 56.4. The molecule has 58 heavy (non-hydrogen) atoms. The van der Waals surface area contributed by atoms with Crippen LogP contribution in [-0.4, -0.2) is 37.2 Å². The van der Waals surface area contributed by atoms with Crippen LogP contribution in [0.5, 0.6) is 0 Å². The Bertz CT molecular complexity index is 889. The highest BCUT2D eigenvalue weighted by Gasteiger charge is 2.19. The Morgan fingerprint density at radius 3 is 0.897 bits per heavy atom. The van der Waals surface area contributed by atoms with Gasteiger partial charge in [-0.05, 0) is 31.1 Å². The second kappa shape index (κ2) is 44.9. The maximum atomic E-state index is 12.8. The van der Waals surface area contributed by atoms with Crippen molar-refractivity contribution in [3.8, 4) is 0 Å². The highest BCUT2D eigenvalue weighted by atomic mass is 16.6. The van der Waals surface area contributed by atoms with Crippen LogP contribution in [0.1, 0.15) is 285 Å². The summed E-state index contributed by atoms with van der Waals surface area (Å²) in [6.07, 6.45) is 45.1. The Balaban J connectivity index is 4.31. The molecular formula is C52H100O6. The fourth-order valence-electron chi connectivity index (χ4n) is 7.75. The van der Waals surface area contributed by atoms with E-state index in [2.05, 4.69) is 34.6 Å². The third kappa shape index (κ3) is 42.5. The predicted octanol–water partition coefficient (Wildman–Crippen LogP) is 16.5. The van der Waals surface area contributed by atoms with Crippen molar-refractivity contribution in [3.05, 3.63) is 0 Å². The lowest BCUT2D eigenvalue weighted by Crippen LogP contribution is -2.30. The number of ether oxygens (including phenoxy) is 3. The third-order valence-electron chi connectivity index (χ3n) is 12.4. The lowest BCUT2D eigenvalue weighted by Gasteiger charge is -2.18. The van der Waals surface area contributed by atoms with Crippen LogP contribution in [0, 0.1) is 11.8 Å². The Kier molecular flexibility index (Phi) is 43.7. The Labute approximate surface area is 361 Å². The van der Waals surface area contributed by atoms with Crippen molar-refractivity contribution >= 4 is 17.9 Å². The molecule has 344 valence electrons. The molecule has 6 nitrogen and oxygen atoms in total. The molecule has 0 aliphatic carbocycles. The van der Waals surface area contributed by atoms with Crippen LogP contribution >= 0.6 is 0 Å². The minimum atomic E-state index is -0.762. The molecule has 0 aromatic rings. The van der Waals surface area contributed by atoms with Crippen LogP contribution in [0.3, 0.4) is 0 Å². The molecule has 0 bridgehead atoms. The molecule has 0 aromatic heterocycles. The van der Waals surface area contributed by atoms with E-state index >= 15 is 0 Å². The summed E-state index contributed by atoms with van der Waals surface area (Å²) in [7, 11) is 0. The number of hydrogen-bond acceptors (Lipinski definition) is 6. The fourth-order valence-corrected chi connectivity index (χ4v) is 7.75. The van der Waals surface area contributed by atoms with Crippen molar-refractivity contribution in [1.29, 1.82) is 0 Å². The third-order valence-corrected chi connectivity index (χ3v) is 12.4. The van der Waals surface area contributed by atoms with E-state index < -0.39 is 6.10 Å². The summed E-state index contributed by atoms with van der Waals surface area (Å²) < 4.78 is 16.8. The van der Waals surface area contributed by atoms with Crippen LogP contribution in [0.2, 0.25) is 0 Å². The Hall–Kier alpha value is -1.59. The van der Waals surface area contributed by atoms with E-state index in [1.807, 2.05) is 0 Å². The van der Waals surface area contributed by atoms with E-state index in [1.165, 1.54) is 173 Å². The van der Waals surface area contributed by atoms with Gasteiger partial charge in [0.2, 0.25) is 0 Å². The molecule has 0 radical (unpaired) electrons. The van der Waals surface area contributed by atoms with Gasteiger partial charge in [0.15, 0.2) is 6.10 Å². The number of rotatable bonds is 46. The zero-order valence-electron chi connectivity index (χ0n) is 39.7. The summed E-state index contributed by atoms with van der Waals surface area (Å²) in [5.41, 5.74) is 0. The van der Waals surface area contributed by atoms with Gasteiger partial charge in [0.05, 0.1) is 0 Å². The lowest BCUT2D eigenvalue weighted by atomic mass is 9.99. The molecule has 0 N–H and O–H groups in total. The van der Waals surface area contributed by atoms with E-state index in [4.69, 9.17) is 14.2 Å². The summed E-state index contributed by atoms with van der Waals surface area (Å²) in [6, 6.07) is 0. The van der Waals surface area contributed by atoms with Gasteiger partial charge < -0.3 is 14.2 Å². The van der Waals surface area contributed by atoms with Crippen molar-refractivity contribution in [3.63, 3.8) is 0 Å². The molecule has 2 unspecified atom stereocenters. The molecule has 0 fully saturated rings. The van der Waals surface area contributed by atoms with Gasteiger partial charge in [-0.15, -0.1) is 0 Å². The zero-order chi connectivity index (χ0) is 42.6. The van der Waals surface area contributed by atoms with Gasteiger partial charge in [0, 0.05) is 19.3 Å². The monoisotopic (exact) mass is 821 g/mol. The first-order valence-electron chi connectivity index (χ1n) is 25.8. The molecule has 0 aromatic carbocycles. The number of carbonyl (C=O) groups excluding carboxylic acids is 3. The molecule has 0 spiro atoms. The molecule has 3 atom stereocenters. The summed E-state index contributed by atoms with van der Waals surface area (Å²) in [5, 5.41) is 0. The van der Waals surface area contributed by atoms with Crippen LogP contribution in [0.25, 0.3) is 0 Å². The van der Waals surface area contributed by atoms with Crippen molar-refractivity contribution in [1.82, 2.24) is 0 Å². The summed E-state index contributed by atoms with van der Waals surface area (Å²) in [5.74, 6) is 0.841. The van der Waals surface area contributed by atoms with Crippen LogP contribution < -0.4 is 0 Å². The average molecular weight is 821 g/mol. The number of hydrogen-bond donors (Lipinski definition) is 0. The first-order chi connectivity index (χ1) is 28.3. The predicted molar refractivity (Wildman–Crippen MR) is 247 cm³/mol. The fraction of sp³-hybridized carbons (Fsp3) is 0.942. The van der Waals surface area contributed by atoms with Gasteiger partial charge in [0.25, 0.3) is 0 Å². The number of unbranched alkanes of at least 4 members (excludes halogenated alkanes) is 29. The topological polar surface area (TPSA) is 78.9 Å². The number of esters is 3. The lowest BCUT2D eigenvalue weighted by molar-refractivity contribution is -0.167. The minimum Gasteiger partial charge on any atom is -0.462 e. The summed E-state index contributed by atoms with van der Waals surface area (Å²) in [6.45, 7) is 11.4. The summed E-state index contributed by atoms with van der Waals surface area (Å²) in [4.78, 5) is 37.9. The highest BCUT2D eigenvalue weighted by Crippen LogP contribution is 2.18. The van der Waals surface area contributed by atoms with Crippen molar-refractivity contribution in [2.24, 2.45) is 11.8 Å². The van der Waals surface area contributed by atoms with Gasteiger partial charge in [-0.3, -0.25) is 14.4 Å². The second-order valence-corrected chi connectivity index (χ2v) is 18.3. The van der Waals surface area contributed by atoms with E-state index in [9.17, 15) is 14.4 Å². The molecule has 0 rings (SSSR count). The molecule has 6 heteroatoms. The van der Waals surface area contributed by atoms with E-state index in [1.54, 1.807) is 0 Å². The zero-order valence-corrected chi connectivity index (χ0v) is 39.7. The molecule has 0 amide bonds. The van der Waals surface area contributed by atoms with Crippen molar-refractivity contribution in [2.75, 3.05) is 13.2 Å². The first-order valence-corrected chi connectivity index (χ1v) is 25.8. The quantitative estimate of drug-likeness (QED) is 0.0346. The Morgan fingerprint density at radius 1 is 0.345 bits per heavy atom. The van der Waals surface area contributed by atoms with Crippen LogP contribution in [0.15, 0.2) is 0 Å². The maximum Gasteiger partial charge on any atom is 0.306 e. The standard InChI is InChI=1S/C52H100O6/c1-6-9-10-11-12-13-14-15-16-17-18-19-20-27-32-37-42-50(53)56-45-49(58-52(55)44-39-34-29-24-22-26-31-36-41-48(5)8-3)46-57-51(54)43-38-33-28-23-21-25-30-35-40-47(4)7-2/h47-49H,6-46H2,1-5H3/t47?,48?,49-/m0/s1. The molecule has 0 aliphatic rings. The molecular weight excluding hydrogens is 721 g/mol. The van der Waals surface area contributed by atoms with Crippen LogP contribution in [0.4, 0.5) is 0 Å². The van der Waals surface area contributed by atoms with Gasteiger partial charge in [-0.25, -0.2) is 0 Å². The number of carbonyl (C=O) groups is 3. The second-order valence-electron chi connectivity index (χ2n) is 18.3. The van der Waals surface area contributed by atoms with Crippen molar-refractivity contribution < 1.29 is 28.6 Å². The van der Waals surface area contributed by atoms with Gasteiger partial charge in [0.1, 0.15) is 13.2 Å². The SMILES string of the molecule is CCCCCCCCCCCCCCCCCCC(=O)OC[C@@H](COC(=O)CCCCCCCCCCC(C)CC)OC(=O)CCCCCCCCCCC(C)CC. The van der Waals surface area contributed by atoms with Crippen molar-refractivity contribution in [2.45, 2.75) is 291 Å². The van der Waals surface area contributed by atoms with Crippen LogP contribution in [-0.2, 0) is 28.6 Å². The van der Waals surface area contributed by atoms with E-state index in [0.29, 0.717) is 19.3 Å². The minimum absolute atomic E-state index is 0.0644. The summed E-state index contributed by atoms with van der Waals surface area (Å²) >= 11 is 0. The maximum absolute atomic E-state index is 12.8. The van der Waals surface area contributed by atoms with E-state index in [0.717, 1.165) is 69.6 Å². The van der Waals surface area contributed by atoms with Gasteiger partial charge in [-0.2, -0.15) is 0 Å². The highest BCUT2D eigenvalue weighted by molar-refractivity contribution is 5.71. The van der Waals surface area contributed by atoms with Gasteiger partial charge in [-0.1, -0.05) is 247 Å². The smallest absolute Gasteiger partial charge is 0.306 e. The largest absolute Gasteiger partial charge is 0.462 e.